The average molecular weight is 282 g/mol. The Bertz CT molecular complexity index is 409. The summed E-state index contributed by atoms with van der Waals surface area (Å²) in [6.45, 7) is 6.58. The molecule has 0 amide bonds. The number of halogens is 6. The van der Waals surface area contributed by atoms with Crippen molar-refractivity contribution in [3.05, 3.63) is 36.5 Å². The maximum absolute atomic E-state index is 13.0. The van der Waals surface area contributed by atoms with Crippen molar-refractivity contribution in [3.63, 3.8) is 0 Å². The number of hydrogen-bond donors (Lipinski definition) is 0. The van der Waals surface area contributed by atoms with Gasteiger partial charge in [0.05, 0.1) is 0 Å². The van der Waals surface area contributed by atoms with Crippen LogP contribution in [-0.4, -0.2) is 12.4 Å². The summed E-state index contributed by atoms with van der Waals surface area (Å²) < 4.78 is 78.1. The van der Waals surface area contributed by atoms with Gasteiger partial charge in [-0.15, -0.1) is 13.2 Å². The lowest BCUT2D eigenvalue weighted by Crippen LogP contribution is -2.23. The average Bonchev–Trinajstić information content (AvgIpc) is 2.92. The van der Waals surface area contributed by atoms with Crippen molar-refractivity contribution >= 4 is 0 Å². The Morgan fingerprint density at radius 1 is 0.842 bits per heavy atom. The molecule has 2 unspecified atom stereocenters. The second kappa shape index (κ2) is 3.90. The van der Waals surface area contributed by atoms with Gasteiger partial charge in [-0.3, -0.25) is 0 Å². The molecule has 0 radical (unpaired) electrons. The highest BCUT2D eigenvalue weighted by molar-refractivity contribution is 5.45. The Morgan fingerprint density at radius 3 is 1.32 bits per heavy atom. The van der Waals surface area contributed by atoms with Crippen LogP contribution in [0.3, 0.4) is 0 Å². The lowest BCUT2D eigenvalue weighted by molar-refractivity contribution is -0.117. The second-order valence-electron chi connectivity index (χ2n) is 4.98. The van der Waals surface area contributed by atoms with Crippen LogP contribution < -0.4 is 0 Å². The Hall–Kier alpha value is -1.20. The van der Waals surface area contributed by atoms with Crippen molar-refractivity contribution in [2.24, 2.45) is 17.3 Å². The van der Waals surface area contributed by atoms with Crippen LogP contribution >= 0.6 is 0 Å². The third kappa shape index (κ3) is 1.92. The number of hydrogen-bond acceptors (Lipinski definition) is 0. The molecule has 0 aromatic rings. The second-order valence-corrected chi connectivity index (χ2v) is 4.98. The van der Waals surface area contributed by atoms with E-state index in [0.29, 0.717) is 12.8 Å². The van der Waals surface area contributed by atoms with Crippen molar-refractivity contribution in [1.29, 1.82) is 0 Å². The van der Waals surface area contributed by atoms with Crippen LogP contribution in [0.25, 0.3) is 0 Å². The first-order valence-corrected chi connectivity index (χ1v) is 5.73. The maximum Gasteiger partial charge on any atom is 0.413 e. The van der Waals surface area contributed by atoms with E-state index >= 15 is 0 Å². The molecule has 2 aliphatic carbocycles. The fourth-order valence-electron chi connectivity index (χ4n) is 3.23. The quantitative estimate of drug-likeness (QED) is 0.504. The van der Waals surface area contributed by atoms with Crippen molar-refractivity contribution in [2.75, 3.05) is 0 Å². The van der Waals surface area contributed by atoms with Crippen molar-refractivity contribution in [3.8, 4) is 0 Å². The molecule has 1 spiro atoms. The summed E-state index contributed by atoms with van der Waals surface area (Å²) in [6, 6.07) is 0. The third-order valence-corrected chi connectivity index (χ3v) is 4.06. The van der Waals surface area contributed by atoms with E-state index < -0.39 is 40.7 Å². The first-order chi connectivity index (χ1) is 8.59. The molecule has 0 aromatic carbocycles. The van der Waals surface area contributed by atoms with E-state index in [1.807, 2.05) is 0 Å². The molecule has 0 heterocycles. The monoisotopic (exact) mass is 282 g/mol. The van der Waals surface area contributed by atoms with Gasteiger partial charge < -0.3 is 0 Å². The molecule has 2 atom stereocenters. The molecule has 0 nitrogen and oxygen atoms in total. The van der Waals surface area contributed by atoms with Gasteiger partial charge in [-0.1, -0.05) is 12.2 Å². The molecular weight excluding hydrogens is 270 g/mol. The van der Waals surface area contributed by atoms with Gasteiger partial charge >= 0.3 is 12.4 Å². The summed E-state index contributed by atoms with van der Waals surface area (Å²) in [5, 5.41) is 0. The van der Waals surface area contributed by atoms with Crippen LogP contribution in [0.4, 0.5) is 26.3 Å². The largest absolute Gasteiger partial charge is 0.413 e. The van der Waals surface area contributed by atoms with Gasteiger partial charge in [-0.05, 0) is 18.3 Å². The topological polar surface area (TPSA) is 0 Å². The van der Waals surface area contributed by atoms with Gasteiger partial charge in [0.25, 0.3) is 0 Å². The molecule has 106 valence electrons. The molecule has 6 heteroatoms. The zero-order valence-electron chi connectivity index (χ0n) is 9.91. The van der Waals surface area contributed by atoms with Gasteiger partial charge in [0.2, 0.25) is 0 Å². The highest BCUT2D eigenvalue weighted by Gasteiger charge is 2.68. The molecule has 0 saturated heterocycles. The molecule has 0 bridgehead atoms. The van der Waals surface area contributed by atoms with Crippen LogP contribution in [0, 0.1) is 17.3 Å². The summed E-state index contributed by atoms with van der Waals surface area (Å²) in [4.78, 5) is 0. The van der Waals surface area contributed by atoms with Gasteiger partial charge in [-0.2, -0.15) is 26.3 Å². The molecular formula is C13H12F6. The van der Waals surface area contributed by atoms with E-state index in [1.54, 1.807) is 0 Å². The smallest absolute Gasteiger partial charge is 0.166 e. The van der Waals surface area contributed by atoms with Crippen molar-refractivity contribution in [2.45, 2.75) is 25.2 Å². The fourth-order valence-corrected chi connectivity index (χ4v) is 3.23. The predicted octanol–water partition coefficient (Wildman–Crippen LogP) is 4.81. The third-order valence-electron chi connectivity index (χ3n) is 4.06. The fraction of sp³-hybridized carbons (Fsp3) is 0.538. The maximum atomic E-state index is 13.0. The van der Waals surface area contributed by atoms with Crippen LogP contribution in [0.15, 0.2) is 36.5 Å². The van der Waals surface area contributed by atoms with Gasteiger partial charge in [0.15, 0.2) is 0 Å². The standard InChI is InChI=1S/C13H12F6/c1-3-7-9(12(14,15)16)10(13(17,18)19)8(4-2)11(7)5-6-11/h3-4,7-8H,1-2,5-6H2. The number of allylic oxidation sites excluding steroid dienone is 4. The minimum absolute atomic E-state index is 0.333. The summed E-state index contributed by atoms with van der Waals surface area (Å²) in [5.74, 6) is -2.60. The molecule has 1 fully saturated rings. The first kappa shape index (κ1) is 14.2. The van der Waals surface area contributed by atoms with E-state index in [9.17, 15) is 26.3 Å². The number of alkyl halides is 6. The lowest BCUT2D eigenvalue weighted by Gasteiger charge is -2.23. The SMILES string of the molecule is C=CC1C(C(F)(F)F)=C(C(F)(F)F)C(C=C)C12CC2. The van der Waals surface area contributed by atoms with Gasteiger partial charge in [-0.25, -0.2) is 0 Å². The van der Waals surface area contributed by atoms with E-state index in [2.05, 4.69) is 13.2 Å². The highest BCUT2D eigenvalue weighted by Crippen LogP contribution is 2.70. The molecule has 0 aliphatic heterocycles. The Kier molecular flexibility index (Phi) is 2.92. The minimum Gasteiger partial charge on any atom is -0.166 e. The molecule has 2 rings (SSSR count). The summed E-state index contributed by atoms with van der Waals surface area (Å²) in [5.41, 5.74) is -3.99. The van der Waals surface area contributed by atoms with E-state index in [1.165, 1.54) is 0 Å². The van der Waals surface area contributed by atoms with E-state index in [0.717, 1.165) is 12.2 Å². The predicted molar refractivity (Wildman–Crippen MR) is 58.2 cm³/mol. The Labute approximate surface area is 106 Å². The molecule has 2 aliphatic rings. The molecule has 0 aromatic heterocycles. The van der Waals surface area contributed by atoms with E-state index in [-0.39, 0.29) is 0 Å². The zero-order valence-corrected chi connectivity index (χ0v) is 9.91. The Morgan fingerprint density at radius 2 is 1.16 bits per heavy atom. The summed E-state index contributed by atoms with van der Waals surface area (Å²) in [6.07, 6.45) is -7.36. The van der Waals surface area contributed by atoms with Crippen LogP contribution in [0.2, 0.25) is 0 Å². The minimum atomic E-state index is -5.00. The zero-order chi connectivity index (χ0) is 14.6. The van der Waals surface area contributed by atoms with Crippen LogP contribution in [0.1, 0.15) is 12.8 Å². The number of rotatable bonds is 2. The van der Waals surface area contributed by atoms with Crippen LogP contribution in [-0.2, 0) is 0 Å². The van der Waals surface area contributed by atoms with Gasteiger partial charge in [0, 0.05) is 23.0 Å². The van der Waals surface area contributed by atoms with Crippen molar-refractivity contribution < 1.29 is 26.3 Å². The molecule has 19 heavy (non-hydrogen) atoms. The summed E-state index contributed by atoms with van der Waals surface area (Å²) >= 11 is 0. The molecule has 1 saturated carbocycles. The van der Waals surface area contributed by atoms with Crippen LogP contribution in [0.5, 0.6) is 0 Å². The van der Waals surface area contributed by atoms with Gasteiger partial charge in [0.1, 0.15) is 0 Å². The van der Waals surface area contributed by atoms with Crippen molar-refractivity contribution in [1.82, 2.24) is 0 Å². The highest BCUT2D eigenvalue weighted by atomic mass is 19.4. The lowest BCUT2D eigenvalue weighted by atomic mass is 9.81. The normalized spacial score (nSPS) is 29.8. The Balaban J connectivity index is 2.68. The summed E-state index contributed by atoms with van der Waals surface area (Å²) in [7, 11) is 0. The van der Waals surface area contributed by atoms with E-state index in [4.69, 9.17) is 0 Å². The molecule has 0 N–H and O–H groups in total. The first-order valence-electron chi connectivity index (χ1n) is 5.73.